The van der Waals surface area contributed by atoms with Gasteiger partial charge >= 0.3 is 12.1 Å². The number of alkyl halides is 3. The summed E-state index contributed by atoms with van der Waals surface area (Å²) >= 11 is 0. The summed E-state index contributed by atoms with van der Waals surface area (Å²) in [6, 6.07) is 0.787. The summed E-state index contributed by atoms with van der Waals surface area (Å²) in [6.45, 7) is 4.46. The molecule has 0 saturated carbocycles. The van der Waals surface area contributed by atoms with Crippen molar-refractivity contribution in [2.24, 2.45) is 0 Å². The molecule has 0 saturated heterocycles. The third-order valence-corrected chi connectivity index (χ3v) is 1.92. The molecule has 0 aliphatic rings. The van der Waals surface area contributed by atoms with Gasteiger partial charge in [0.2, 0.25) is 0 Å². The van der Waals surface area contributed by atoms with Gasteiger partial charge in [0.25, 0.3) is 0 Å². The molecule has 6 heteroatoms. The van der Waals surface area contributed by atoms with Gasteiger partial charge < -0.3 is 10.0 Å². The summed E-state index contributed by atoms with van der Waals surface area (Å²) in [4.78, 5) is 11.2. The number of carboxylic acids is 1. The summed E-state index contributed by atoms with van der Waals surface area (Å²) in [5, 5.41) is 7.12. The lowest BCUT2D eigenvalue weighted by Gasteiger charge is -2.20. The molecular formula is C9H18F3NO2. The van der Waals surface area contributed by atoms with Crippen molar-refractivity contribution in [2.45, 2.75) is 38.9 Å². The number of rotatable bonds is 3. The number of aliphatic carboxylic acids is 1. The summed E-state index contributed by atoms with van der Waals surface area (Å²) in [5.74, 6) is -2.76. The summed E-state index contributed by atoms with van der Waals surface area (Å²) in [6.07, 6.45) is -2.55. The van der Waals surface area contributed by atoms with E-state index in [9.17, 15) is 13.2 Å². The van der Waals surface area contributed by atoms with Crippen LogP contribution in [0.3, 0.4) is 0 Å². The summed E-state index contributed by atoms with van der Waals surface area (Å²) in [5.41, 5.74) is 0. The van der Waals surface area contributed by atoms with Crippen molar-refractivity contribution in [3.63, 3.8) is 0 Å². The third kappa shape index (κ3) is 9.52. The Morgan fingerprint density at radius 1 is 1.27 bits per heavy atom. The van der Waals surface area contributed by atoms with E-state index in [0.29, 0.717) is 0 Å². The first-order chi connectivity index (χ1) is 6.66. The molecule has 0 aromatic rings. The van der Waals surface area contributed by atoms with Crippen LogP contribution in [0.5, 0.6) is 0 Å². The van der Waals surface area contributed by atoms with Crippen LogP contribution in [0.1, 0.15) is 26.7 Å². The molecule has 92 valence electrons. The smallest absolute Gasteiger partial charge is 0.475 e. The Hall–Kier alpha value is -0.780. The Morgan fingerprint density at radius 3 is 1.53 bits per heavy atom. The van der Waals surface area contributed by atoms with Crippen molar-refractivity contribution in [1.29, 1.82) is 0 Å². The van der Waals surface area contributed by atoms with Gasteiger partial charge in [0.1, 0.15) is 0 Å². The van der Waals surface area contributed by atoms with E-state index >= 15 is 0 Å². The molecule has 0 amide bonds. The van der Waals surface area contributed by atoms with Gasteiger partial charge in [-0.15, -0.1) is 0 Å². The molecule has 0 aromatic carbocycles. The van der Waals surface area contributed by atoms with E-state index in [-0.39, 0.29) is 0 Å². The van der Waals surface area contributed by atoms with Crippen LogP contribution in [0.2, 0.25) is 0 Å². The lowest BCUT2D eigenvalue weighted by molar-refractivity contribution is -0.192. The van der Waals surface area contributed by atoms with E-state index < -0.39 is 12.1 Å². The lowest BCUT2D eigenvalue weighted by atomic mass is 10.1. The van der Waals surface area contributed by atoms with Crippen LogP contribution < -0.4 is 0 Å². The molecule has 0 bridgehead atoms. The molecule has 3 nitrogen and oxygen atoms in total. The standard InChI is InChI=1S/C7H17N.C2HF3O2/c1-5-7(6-2)8(3)4;3-2(4,5)1(6)7/h7H,5-6H2,1-4H3;(H,6,7). The van der Waals surface area contributed by atoms with Crippen LogP contribution in [0.25, 0.3) is 0 Å². The van der Waals surface area contributed by atoms with Gasteiger partial charge in [-0.3, -0.25) is 0 Å². The van der Waals surface area contributed by atoms with Gasteiger partial charge in [-0.1, -0.05) is 13.8 Å². The van der Waals surface area contributed by atoms with Gasteiger partial charge in [0, 0.05) is 6.04 Å². The minimum Gasteiger partial charge on any atom is -0.475 e. The molecule has 0 aliphatic heterocycles. The molecule has 0 aliphatic carbocycles. The van der Waals surface area contributed by atoms with Crippen LogP contribution in [0.15, 0.2) is 0 Å². The third-order valence-electron chi connectivity index (χ3n) is 1.92. The lowest BCUT2D eigenvalue weighted by Crippen LogP contribution is -2.25. The average molecular weight is 229 g/mol. The first kappa shape index (κ1) is 16.6. The molecule has 0 unspecified atom stereocenters. The maximum atomic E-state index is 10.6. The number of halogens is 3. The van der Waals surface area contributed by atoms with E-state index in [1.165, 1.54) is 12.8 Å². The SMILES string of the molecule is CCC(CC)N(C)C.O=C(O)C(F)(F)F. The largest absolute Gasteiger partial charge is 0.490 e. The second-order valence-corrected chi connectivity index (χ2v) is 3.24. The number of nitrogens with zero attached hydrogens (tertiary/aromatic N) is 1. The summed E-state index contributed by atoms with van der Waals surface area (Å²) in [7, 11) is 4.27. The Balaban J connectivity index is 0. The average Bonchev–Trinajstić information content (AvgIpc) is 2.04. The highest BCUT2D eigenvalue weighted by Gasteiger charge is 2.38. The molecular weight excluding hydrogens is 211 g/mol. The zero-order chi connectivity index (χ0) is 12.6. The van der Waals surface area contributed by atoms with Gasteiger partial charge in [0.15, 0.2) is 0 Å². The molecule has 0 radical (unpaired) electrons. The van der Waals surface area contributed by atoms with Gasteiger partial charge in [-0.2, -0.15) is 13.2 Å². The van der Waals surface area contributed by atoms with Crippen molar-refractivity contribution in [1.82, 2.24) is 4.90 Å². The van der Waals surface area contributed by atoms with E-state index in [0.717, 1.165) is 6.04 Å². The molecule has 0 fully saturated rings. The number of hydrogen-bond donors (Lipinski definition) is 1. The van der Waals surface area contributed by atoms with Crippen molar-refractivity contribution in [2.75, 3.05) is 14.1 Å². The monoisotopic (exact) mass is 229 g/mol. The minimum atomic E-state index is -5.08. The van der Waals surface area contributed by atoms with Gasteiger partial charge in [0.05, 0.1) is 0 Å². The van der Waals surface area contributed by atoms with Crippen molar-refractivity contribution in [3.8, 4) is 0 Å². The Morgan fingerprint density at radius 2 is 1.53 bits per heavy atom. The normalized spacial score (nSPS) is 11.3. The van der Waals surface area contributed by atoms with Gasteiger partial charge in [-0.25, -0.2) is 4.79 Å². The number of hydrogen-bond acceptors (Lipinski definition) is 2. The highest BCUT2D eigenvalue weighted by molar-refractivity contribution is 5.73. The molecule has 1 N–H and O–H groups in total. The molecule has 15 heavy (non-hydrogen) atoms. The van der Waals surface area contributed by atoms with Gasteiger partial charge in [-0.05, 0) is 26.9 Å². The second kappa shape index (κ2) is 7.50. The topological polar surface area (TPSA) is 40.5 Å². The predicted molar refractivity (Wildman–Crippen MR) is 51.7 cm³/mol. The molecule has 0 rings (SSSR count). The first-order valence-corrected chi connectivity index (χ1v) is 4.63. The molecule has 0 spiro atoms. The van der Waals surface area contributed by atoms with E-state index in [2.05, 4.69) is 32.8 Å². The number of carboxylic acid groups (broad SMARTS) is 1. The number of carbonyl (C=O) groups is 1. The van der Waals surface area contributed by atoms with Crippen molar-refractivity contribution < 1.29 is 23.1 Å². The Labute approximate surface area is 87.9 Å². The van der Waals surface area contributed by atoms with Crippen LogP contribution >= 0.6 is 0 Å². The van der Waals surface area contributed by atoms with Crippen LogP contribution in [0.4, 0.5) is 13.2 Å². The molecule has 0 aromatic heterocycles. The fourth-order valence-electron chi connectivity index (χ4n) is 1.02. The zero-order valence-corrected chi connectivity index (χ0v) is 9.43. The van der Waals surface area contributed by atoms with Crippen LogP contribution in [0, 0.1) is 0 Å². The first-order valence-electron chi connectivity index (χ1n) is 4.63. The Kier molecular flexibility index (Phi) is 8.33. The zero-order valence-electron chi connectivity index (χ0n) is 9.43. The van der Waals surface area contributed by atoms with Crippen LogP contribution in [-0.4, -0.2) is 42.3 Å². The molecule has 0 atom stereocenters. The highest BCUT2D eigenvalue weighted by atomic mass is 19.4. The quantitative estimate of drug-likeness (QED) is 0.807. The fraction of sp³-hybridized carbons (Fsp3) is 0.889. The second-order valence-electron chi connectivity index (χ2n) is 3.24. The van der Waals surface area contributed by atoms with E-state index in [4.69, 9.17) is 9.90 Å². The summed E-state index contributed by atoms with van der Waals surface area (Å²) < 4.78 is 31.7. The predicted octanol–water partition coefficient (Wildman–Crippen LogP) is 2.37. The Bertz CT molecular complexity index is 177. The van der Waals surface area contributed by atoms with Crippen molar-refractivity contribution >= 4 is 5.97 Å². The maximum absolute atomic E-state index is 10.6. The highest BCUT2D eigenvalue weighted by Crippen LogP contribution is 2.13. The van der Waals surface area contributed by atoms with E-state index in [1.807, 2.05) is 0 Å². The maximum Gasteiger partial charge on any atom is 0.490 e. The van der Waals surface area contributed by atoms with E-state index in [1.54, 1.807) is 0 Å². The fourth-order valence-corrected chi connectivity index (χ4v) is 1.02. The minimum absolute atomic E-state index is 0.787. The van der Waals surface area contributed by atoms with Crippen molar-refractivity contribution in [3.05, 3.63) is 0 Å². The van der Waals surface area contributed by atoms with Crippen LogP contribution in [-0.2, 0) is 4.79 Å². The molecule has 0 heterocycles.